The molecule has 52 heavy (non-hydrogen) atoms. The second kappa shape index (κ2) is 17.9. The van der Waals surface area contributed by atoms with Gasteiger partial charge in [0.25, 0.3) is 5.91 Å². The quantitative estimate of drug-likeness (QED) is 0.0588. The lowest BCUT2D eigenvalue weighted by Gasteiger charge is -2.30. The number of aromatic nitrogens is 2. The number of aromatic amines is 1. The molecule has 4 rings (SSSR count). The highest BCUT2D eigenvalue weighted by molar-refractivity contribution is 6.09. The van der Waals surface area contributed by atoms with Gasteiger partial charge in [-0.15, -0.1) is 0 Å². The summed E-state index contributed by atoms with van der Waals surface area (Å²) in [6.45, 7) is 26.9. The Kier molecular flexibility index (Phi) is 13.9. The van der Waals surface area contributed by atoms with Crippen LogP contribution in [0.4, 0.5) is 0 Å². The number of rotatable bonds is 21. The molecule has 2 aromatic heterocycles. The maximum Gasteiger partial charge on any atom is 0.255 e. The van der Waals surface area contributed by atoms with Crippen LogP contribution in [-0.4, -0.2) is 54.1 Å². The highest BCUT2D eigenvalue weighted by atomic mass is 16.5. The number of fused-ring (bicyclic) bond motifs is 3. The first-order valence-corrected chi connectivity index (χ1v) is 18.7. The van der Waals surface area contributed by atoms with Crippen molar-refractivity contribution in [3.63, 3.8) is 0 Å². The fraction of sp³-hybridized carbons (Fsp3) is 0.477. The zero-order valence-corrected chi connectivity index (χ0v) is 32.7. The molecule has 3 N–H and O–H groups in total. The van der Waals surface area contributed by atoms with Crippen molar-refractivity contribution < 1.29 is 19.1 Å². The van der Waals surface area contributed by atoms with Crippen LogP contribution >= 0.6 is 0 Å². The van der Waals surface area contributed by atoms with Crippen molar-refractivity contribution in [1.29, 1.82) is 0 Å². The number of ketones is 1. The van der Waals surface area contributed by atoms with Crippen LogP contribution in [0.3, 0.4) is 0 Å². The molecule has 0 spiro atoms. The third-order valence-electron chi connectivity index (χ3n) is 9.82. The number of aryl methyl sites for hydroxylation is 1. The second-order valence-corrected chi connectivity index (χ2v) is 16.1. The predicted molar refractivity (Wildman–Crippen MR) is 214 cm³/mol. The van der Waals surface area contributed by atoms with Crippen molar-refractivity contribution in [2.75, 3.05) is 26.4 Å². The first kappa shape index (κ1) is 40.3. The molecule has 2 aromatic carbocycles. The summed E-state index contributed by atoms with van der Waals surface area (Å²) in [7, 11) is 0. The summed E-state index contributed by atoms with van der Waals surface area (Å²) in [5.41, 5.74) is 5.83. The van der Waals surface area contributed by atoms with Crippen molar-refractivity contribution >= 4 is 33.5 Å². The Morgan fingerprint density at radius 3 is 2.42 bits per heavy atom. The number of nitrogens with zero attached hydrogens (tertiary/aromatic N) is 1. The van der Waals surface area contributed by atoms with Gasteiger partial charge in [0, 0.05) is 68.9 Å². The molecule has 0 fully saturated rings. The number of carbonyl (C=O) groups excluding carboxylic acids is 2. The minimum absolute atomic E-state index is 0.0832. The molecule has 0 aliphatic carbocycles. The average Bonchev–Trinajstić information content (AvgIpc) is 3.48. The third kappa shape index (κ3) is 11.3. The number of benzene rings is 2. The number of nitrogens with one attached hydrogen (secondary N) is 3. The number of allylic oxidation sites excluding steroid dienone is 2. The maximum absolute atomic E-state index is 13.5. The molecule has 0 radical (unpaired) electrons. The van der Waals surface area contributed by atoms with Crippen LogP contribution < -0.4 is 15.4 Å². The molecule has 8 nitrogen and oxygen atoms in total. The van der Waals surface area contributed by atoms with Crippen LogP contribution in [0.1, 0.15) is 107 Å². The van der Waals surface area contributed by atoms with Gasteiger partial charge >= 0.3 is 0 Å². The maximum atomic E-state index is 13.5. The summed E-state index contributed by atoms with van der Waals surface area (Å²) in [6.07, 6.45) is 8.11. The van der Waals surface area contributed by atoms with Crippen molar-refractivity contribution in [3.8, 4) is 5.75 Å². The number of amides is 1. The summed E-state index contributed by atoms with van der Waals surface area (Å²) in [4.78, 5) is 33.9. The minimum Gasteiger partial charge on any atom is -0.492 e. The average molecular weight is 709 g/mol. The van der Waals surface area contributed by atoms with Crippen molar-refractivity contribution in [3.05, 3.63) is 96.0 Å². The van der Waals surface area contributed by atoms with E-state index in [4.69, 9.17) is 9.47 Å². The highest BCUT2D eigenvalue weighted by Crippen LogP contribution is 2.28. The van der Waals surface area contributed by atoms with Crippen molar-refractivity contribution in [2.24, 2.45) is 16.7 Å². The Balaban J connectivity index is 1.24. The smallest absolute Gasteiger partial charge is 0.255 e. The van der Waals surface area contributed by atoms with Gasteiger partial charge in [-0.05, 0) is 75.6 Å². The van der Waals surface area contributed by atoms with Crippen LogP contribution in [0.5, 0.6) is 5.75 Å². The van der Waals surface area contributed by atoms with Crippen LogP contribution in [0.2, 0.25) is 0 Å². The summed E-state index contributed by atoms with van der Waals surface area (Å²) in [6, 6.07) is 13.7. The number of Topliss-reactive ketones (excluding diaryl/α,β-unsaturated/α-hetero) is 1. The topological polar surface area (TPSA) is 105 Å². The number of hydrogen-bond donors (Lipinski definition) is 3. The number of hydrogen-bond acceptors (Lipinski definition) is 6. The molecule has 0 bridgehead atoms. The van der Waals surface area contributed by atoms with Gasteiger partial charge in [-0.25, -0.2) is 0 Å². The van der Waals surface area contributed by atoms with Gasteiger partial charge in [0.1, 0.15) is 5.75 Å². The van der Waals surface area contributed by atoms with E-state index in [0.717, 1.165) is 60.8 Å². The van der Waals surface area contributed by atoms with Crippen LogP contribution in [0.25, 0.3) is 21.8 Å². The second-order valence-electron chi connectivity index (χ2n) is 16.1. The van der Waals surface area contributed by atoms with E-state index in [9.17, 15) is 9.59 Å². The molecule has 0 aliphatic rings. The predicted octanol–water partition coefficient (Wildman–Crippen LogP) is 9.60. The molecule has 1 amide bonds. The molecular formula is C44H60N4O4. The van der Waals surface area contributed by atoms with E-state index in [-0.39, 0.29) is 34.1 Å². The Morgan fingerprint density at radius 1 is 0.942 bits per heavy atom. The molecule has 0 aliphatic heterocycles. The first-order valence-electron chi connectivity index (χ1n) is 18.7. The van der Waals surface area contributed by atoms with Gasteiger partial charge in [0.15, 0.2) is 5.78 Å². The fourth-order valence-electron chi connectivity index (χ4n) is 6.15. The van der Waals surface area contributed by atoms with E-state index in [1.54, 1.807) is 18.2 Å². The SMILES string of the molecule is C=C(CCc1ccc2c(c1)[nH]c1ccncc12)NCC(C)(C)COCC(C)(C)COc1cccc(C(C)=O)c1C(=O)NC(C)CCC(=C)C(C)CC. The number of H-pyrrole nitrogens is 1. The number of pyridine rings is 1. The molecule has 280 valence electrons. The standard InChI is InChI=1S/C44H60N4O4/c1-11-29(2)30(3)15-16-32(5)47-42(50)41-35(33(6)49)13-12-14-40(41)52-28-44(9,10)27-51-26-43(7,8)25-46-31(4)17-18-34-19-20-36-37-24-45-22-21-38(37)48-39(36)23-34/h12-14,19-24,29,32,46,48H,3-4,11,15-18,25-28H2,1-2,5-10H3,(H,47,50). The lowest BCUT2D eigenvalue weighted by Crippen LogP contribution is -2.36. The molecular weight excluding hydrogens is 649 g/mol. The first-order chi connectivity index (χ1) is 24.6. The Labute approximate surface area is 310 Å². The Bertz CT molecular complexity index is 1870. The van der Waals surface area contributed by atoms with E-state index in [0.29, 0.717) is 37.1 Å². The van der Waals surface area contributed by atoms with Crippen LogP contribution in [0.15, 0.2) is 79.3 Å². The van der Waals surface area contributed by atoms with E-state index in [2.05, 4.69) is 93.5 Å². The van der Waals surface area contributed by atoms with Crippen LogP contribution in [-0.2, 0) is 11.2 Å². The lowest BCUT2D eigenvalue weighted by atomic mass is 9.93. The zero-order chi connectivity index (χ0) is 38.1. The Morgan fingerprint density at radius 2 is 1.69 bits per heavy atom. The zero-order valence-electron chi connectivity index (χ0n) is 32.7. The molecule has 2 heterocycles. The van der Waals surface area contributed by atoms with Gasteiger partial charge in [0.2, 0.25) is 0 Å². The lowest BCUT2D eigenvalue weighted by molar-refractivity contribution is -0.000621. The van der Waals surface area contributed by atoms with Crippen molar-refractivity contribution in [2.45, 2.75) is 93.5 Å². The molecule has 8 heteroatoms. The molecule has 2 atom stereocenters. The molecule has 0 saturated carbocycles. The summed E-state index contributed by atoms with van der Waals surface area (Å²) in [5.74, 6) is 0.361. The summed E-state index contributed by atoms with van der Waals surface area (Å²) < 4.78 is 12.5. The van der Waals surface area contributed by atoms with E-state index in [1.807, 2.05) is 25.4 Å². The number of ether oxygens (including phenoxy) is 2. The van der Waals surface area contributed by atoms with E-state index < -0.39 is 0 Å². The molecule has 4 aromatic rings. The molecule has 2 unspecified atom stereocenters. The van der Waals surface area contributed by atoms with Gasteiger partial charge in [-0.1, -0.05) is 84.5 Å². The third-order valence-corrected chi connectivity index (χ3v) is 9.82. The minimum atomic E-state index is -0.348. The summed E-state index contributed by atoms with van der Waals surface area (Å²) >= 11 is 0. The number of carbonyl (C=O) groups is 2. The van der Waals surface area contributed by atoms with Crippen molar-refractivity contribution in [1.82, 2.24) is 20.6 Å². The normalized spacial score (nSPS) is 13.2. The summed E-state index contributed by atoms with van der Waals surface area (Å²) in [5, 5.41) is 8.95. The fourth-order valence-corrected chi connectivity index (χ4v) is 6.15. The van der Waals surface area contributed by atoms with Gasteiger partial charge in [0.05, 0.1) is 25.4 Å². The van der Waals surface area contributed by atoms with Gasteiger partial charge < -0.3 is 25.1 Å². The molecule has 0 saturated heterocycles. The monoisotopic (exact) mass is 708 g/mol. The van der Waals surface area contributed by atoms with Gasteiger partial charge in [-0.3, -0.25) is 14.6 Å². The van der Waals surface area contributed by atoms with Crippen LogP contribution in [0, 0.1) is 16.7 Å². The van der Waals surface area contributed by atoms with Gasteiger partial charge in [-0.2, -0.15) is 0 Å². The van der Waals surface area contributed by atoms with E-state index >= 15 is 0 Å². The van der Waals surface area contributed by atoms with E-state index in [1.165, 1.54) is 23.4 Å². The highest BCUT2D eigenvalue weighted by Gasteiger charge is 2.26. The Hall–Kier alpha value is -4.43. The largest absolute Gasteiger partial charge is 0.492 e.